The van der Waals surface area contributed by atoms with Crippen LogP contribution in [0.3, 0.4) is 0 Å². The van der Waals surface area contributed by atoms with Gasteiger partial charge in [0.2, 0.25) is 11.6 Å². The number of hydrogen-bond donors (Lipinski definition) is 2. The third-order valence-corrected chi connectivity index (χ3v) is 4.29. The molecule has 0 unspecified atom stereocenters. The van der Waals surface area contributed by atoms with Crippen LogP contribution in [0.1, 0.15) is 30.9 Å². The number of nitrogens with zero attached hydrogens (tertiary/aromatic N) is 4. The predicted molar refractivity (Wildman–Crippen MR) is 109 cm³/mol. The van der Waals surface area contributed by atoms with Gasteiger partial charge in [0.1, 0.15) is 12.1 Å². The first-order valence-electron chi connectivity index (χ1n) is 9.12. The number of aryl methyl sites for hydroxylation is 2. The Morgan fingerprint density at radius 1 is 1.00 bits per heavy atom. The Hall–Kier alpha value is -3.55. The summed E-state index contributed by atoms with van der Waals surface area (Å²) in [7, 11) is 0. The highest BCUT2D eigenvalue weighted by atomic mass is 16.6. The van der Waals surface area contributed by atoms with Crippen molar-refractivity contribution in [3.8, 4) is 0 Å². The number of unbranched alkanes of at least 4 members (excludes halogenated alkanes) is 1. The van der Waals surface area contributed by atoms with Crippen molar-refractivity contribution in [2.75, 3.05) is 10.6 Å². The second kappa shape index (κ2) is 8.90. The summed E-state index contributed by atoms with van der Waals surface area (Å²) in [6.45, 7) is 4.02. The van der Waals surface area contributed by atoms with Gasteiger partial charge in [-0.25, -0.2) is 15.0 Å². The molecule has 2 aromatic heterocycles. The average Bonchev–Trinajstić information content (AvgIpc) is 2.69. The Morgan fingerprint density at radius 3 is 2.36 bits per heavy atom. The molecule has 0 aliphatic rings. The fourth-order valence-corrected chi connectivity index (χ4v) is 2.74. The Labute approximate surface area is 163 Å². The summed E-state index contributed by atoms with van der Waals surface area (Å²) in [4.78, 5) is 23.5. The summed E-state index contributed by atoms with van der Waals surface area (Å²) in [6, 6.07) is 11.5. The summed E-state index contributed by atoms with van der Waals surface area (Å²) >= 11 is 0. The lowest BCUT2D eigenvalue weighted by Gasteiger charge is -2.11. The van der Waals surface area contributed by atoms with Crippen LogP contribution >= 0.6 is 0 Å². The molecule has 0 fully saturated rings. The molecule has 0 bridgehead atoms. The highest BCUT2D eigenvalue weighted by Gasteiger charge is 2.24. The molecule has 2 heterocycles. The smallest absolute Gasteiger partial charge is 0.334 e. The molecule has 0 aliphatic heterocycles. The molecule has 3 aromatic rings. The van der Waals surface area contributed by atoms with Crippen LogP contribution in [0.15, 0.2) is 48.9 Å². The minimum Gasteiger partial charge on any atom is -0.334 e. The van der Waals surface area contributed by atoms with Gasteiger partial charge in [-0.15, -0.1) is 0 Å². The molecule has 0 amide bonds. The molecule has 0 spiro atoms. The van der Waals surface area contributed by atoms with Crippen LogP contribution in [0.25, 0.3) is 0 Å². The van der Waals surface area contributed by atoms with Crippen LogP contribution in [-0.4, -0.2) is 19.9 Å². The number of benzene rings is 1. The van der Waals surface area contributed by atoms with Crippen molar-refractivity contribution in [1.82, 2.24) is 15.0 Å². The van der Waals surface area contributed by atoms with Crippen molar-refractivity contribution in [2.45, 2.75) is 33.1 Å². The van der Waals surface area contributed by atoms with Gasteiger partial charge in [0.15, 0.2) is 0 Å². The van der Waals surface area contributed by atoms with Gasteiger partial charge in [-0.1, -0.05) is 31.5 Å². The molecule has 2 N–H and O–H groups in total. The quantitative estimate of drug-likeness (QED) is 0.423. The lowest BCUT2D eigenvalue weighted by molar-refractivity contribution is -0.383. The number of rotatable bonds is 8. The van der Waals surface area contributed by atoms with E-state index in [1.807, 2.05) is 37.3 Å². The van der Waals surface area contributed by atoms with Crippen molar-refractivity contribution in [3.63, 3.8) is 0 Å². The van der Waals surface area contributed by atoms with E-state index in [0.717, 1.165) is 30.5 Å². The minimum atomic E-state index is -0.501. The summed E-state index contributed by atoms with van der Waals surface area (Å²) in [5.74, 6) is 0.719. The molecular weight excluding hydrogens is 356 g/mol. The highest BCUT2D eigenvalue weighted by Crippen LogP contribution is 2.33. The molecule has 1 aromatic carbocycles. The summed E-state index contributed by atoms with van der Waals surface area (Å²) < 4.78 is 0. The fourth-order valence-electron chi connectivity index (χ4n) is 2.74. The van der Waals surface area contributed by atoms with E-state index in [-0.39, 0.29) is 17.3 Å². The molecule has 0 radical (unpaired) electrons. The maximum absolute atomic E-state index is 11.7. The summed E-state index contributed by atoms with van der Waals surface area (Å²) in [6.07, 6.45) is 6.18. The van der Waals surface area contributed by atoms with Crippen LogP contribution in [0, 0.1) is 17.0 Å². The molecule has 0 saturated carbocycles. The van der Waals surface area contributed by atoms with Gasteiger partial charge in [-0.2, -0.15) is 0 Å². The number of aromatic nitrogens is 3. The van der Waals surface area contributed by atoms with Gasteiger partial charge in [0.25, 0.3) is 0 Å². The van der Waals surface area contributed by atoms with Crippen molar-refractivity contribution in [2.24, 2.45) is 0 Å². The van der Waals surface area contributed by atoms with Crippen molar-refractivity contribution >= 4 is 28.8 Å². The molecule has 0 atom stereocenters. The Balaban J connectivity index is 1.87. The van der Waals surface area contributed by atoms with E-state index in [2.05, 4.69) is 32.5 Å². The van der Waals surface area contributed by atoms with Gasteiger partial charge < -0.3 is 10.6 Å². The van der Waals surface area contributed by atoms with Crippen LogP contribution in [-0.2, 0) is 6.42 Å². The van der Waals surface area contributed by atoms with Crippen LogP contribution in [0.2, 0.25) is 0 Å². The van der Waals surface area contributed by atoms with Gasteiger partial charge in [-0.3, -0.25) is 10.1 Å². The van der Waals surface area contributed by atoms with E-state index >= 15 is 0 Å². The van der Waals surface area contributed by atoms with E-state index in [4.69, 9.17) is 0 Å². The van der Waals surface area contributed by atoms with Crippen molar-refractivity contribution in [3.05, 3.63) is 70.2 Å². The Kier molecular flexibility index (Phi) is 6.11. The van der Waals surface area contributed by atoms with Gasteiger partial charge in [-0.05, 0) is 49.1 Å². The number of anilines is 4. The van der Waals surface area contributed by atoms with Crippen LogP contribution < -0.4 is 10.6 Å². The molecule has 3 rings (SSSR count). The third kappa shape index (κ3) is 4.59. The second-order valence-electron chi connectivity index (χ2n) is 6.40. The zero-order chi connectivity index (χ0) is 19.9. The van der Waals surface area contributed by atoms with Crippen LogP contribution in [0.4, 0.5) is 28.8 Å². The Morgan fingerprint density at radius 2 is 1.71 bits per heavy atom. The van der Waals surface area contributed by atoms with E-state index < -0.39 is 4.92 Å². The first kappa shape index (κ1) is 19.2. The number of pyridine rings is 1. The molecule has 8 heteroatoms. The fraction of sp³-hybridized carbons (Fsp3) is 0.250. The largest absolute Gasteiger partial charge is 0.353 e. The zero-order valence-corrected chi connectivity index (χ0v) is 15.8. The predicted octanol–water partition coefficient (Wildman–Crippen LogP) is 4.92. The topological polar surface area (TPSA) is 106 Å². The number of hydrogen-bond acceptors (Lipinski definition) is 7. The average molecular weight is 378 g/mol. The normalized spacial score (nSPS) is 10.5. The van der Waals surface area contributed by atoms with E-state index in [1.165, 1.54) is 11.9 Å². The lowest BCUT2D eigenvalue weighted by Crippen LogP contribution is -2.06. The molecule has 0 saturated heterocycles. The van der Waals surface area contributed by atoms with Gasteiger partial charge >= 0.3 is 5.69 Å². The highest BCUT2D eigenvalue weighted by molar-refractivity contribution is 5.76. The Bertz CT molecular complexity index is 959. The van der Waals surface area contributed by atoms with Gasteiger partial charge in [0, 0.05) is 11.9 Å². The maximum atomic E-state index is 11.7. The lowest BCUT2D eigenvalue weighted by atomic mass is 10.1. The number of nitro groups is 1. The first-order valence-corrected chi connectivity index (χ1v) is 9.12. The van der Waals surface area contributed by atoms with Crippen molar-refractivity contribution in [1.29, 1.82) is 0 Å². The third-order valence-electron chi connectivity index (χ3n) is 4.29. The first-order chi connectivity index (χ1) is 13.6. The van der Waals surface area contributed by atoms with Crippen molar-refractivity contribution < 1.29 is 4.92 Å². The molecule has 0 aliphatic carbocycles. The standard InChI is InChI=1S/C20H22N6O2/c1-3-4-7-15-8-10-16(11-9-15)24-19-17(26(27)28)20(23-13-22-19)25-18-14(2)6-5-12-21-18/h5-6,8-13H,3-4,7H2,1-2H3,(H2,21,22,23,24,25). The zero-order valence-electron chi connectivity index (χ0n) is 15.8. The molecule has 28 heavy (non-hydrogen) atoms. The summed E-state index contributed by atoms with van der Waals surface area (Å²) in [5.41, 5.74) is 2.58. The van der Waals surface area contributed by atoms with Crippen LogP contribution in [0.5, 0.6) is 0 Å². The molecular formula is C20H22N6O2. The molecule has 8 nitrogen and oxygen atoms in total. The maximum Gasteiger partial charge on any atom is 0.353 e. The van der Waals surface area contributed by atoms with Gasteiger partial charge in [0.05, 0.1) is 4.92 Å². The minimum absolute atomic E-state index is 0.0869. The van der Waals surface area contributed by atoms with E-state index in [0.29, 0.717) is 5.82 Å². The SMILES string of the molecule is CCCCc1ccc(Nc2ncnc(Nc3ncccc3C)c2[N+](=O)[O-])cc1. The number of nitrogens with one attached hydrogen (secondary N) is 2. The van der Waals surface area contributed by atoms with E-state index in [9.17, 15) is 10.1 Å². The summed E-state index contributed by atoms with van der Waals surface area (Å²) in [5, 5.41) is 17.7. The monoisotopic (exact) mass is 378 g/mol. The van der Waals surface area contributed by atoms with E-state index in [1.54, 1.807) is 12.3 Å². The molecule has 144 valence electrons. The second-order valence-corrected chi connectivity index (χ2v) is 6.40.